The van der Waals surface area contributed by atoms with E-state index in [0.717, 1.165) is 0 Å². The first kappa shape index (κ1) is 12.5. The number of nitrogens with one attached hydrogen (secondary N) is 3. The molecule has 2 amide bonds. The van der Waals surface area contributed by atoms with Gasteiger partial charge in [-0.1, -0.05) is 0 Å². The first-order chi connectivity index (χ1) is 8.56. The van der Waals surface area contributed by atoms with E-state index in [1.165, 1.54) is 25.1 Å². The smallest absolute Gasteiger partial charge is 0.230 e. The van der Waals surface area contributed by atoms with Crippen LogP contribution in [0.25, 0.3) is 0 Å². The SMILES string of the molecule is CC(=O)Nc1ccc(F)c(NC(=O)C2CNC2)c1. The summed E-state index contributed by atoms with van der Waals surface area (Å²) < 4.78 is 13.5. The van der Waals surface area contributed by atoms with Crippen LogP contribution in [-0.4, -0.2) is 24.9 Å². The summed E-state index contributed by atoms with van der Waals surface area (Å²) in [5.41, 5.74) is 0.532. The molecular formula is C12H14FN3O2. The Hall–Kier alpha value is -1.95. The molecule has 0 saturated carbocycles. The van der Waals surface area contributed by atoms with Gasteiger partial charge in [0.2, 0.25) is 11.8 Å². The Labute approximate surface area is 104 Å². The minimum atomic E-state index is -0.523. The van der Waals surface area contributed by atoms with Gasteiger partial charge in [-0.05, 0) is 18.2 Å². The Balaban J connectivity index is 2.10. The van der Waals surface area contributed by atoms with E-state index in [9.17, 15) is 14.0 Å². The van der Waals surface area contributed by atoms with Crippen LogP contribution < -0.4 is 16.0 Å². The summed E-state index contributed by atoms with van der Waals surface area (Å²) in [4.78, 5) is 22.6. The standard InChI is InChI=1S/C12H14FN3O2/c1-7(17)15-9-2-3-10(13)11(4-9)16-12(18)8-5-14-6-8/h2-4,8,14H,5-6H2,1H3,(H,15,17)(H,16,18). The zero-order chi connectivity index (χ0) is 13.1. The van der Waals surface area contributed by atoms with Gasteiger partial charge in [0.15, 0.2) is 0 Å². The van der Waals surface area contributed by atoms with Gasteiger partial charge in [-0.15, -0.1) is 0 Å². The molecular weight excluding hydrogens is 237 g/mol. The number of amides is 2. The average molecular weight is 251 g/mol. The largest absolute Gasteiger partial charge is 0.326 e. The second-order valence-corrected chi connectivity index (χ2v) is 4.22. The molecule has 0 aromatic heterocycles. The van der Waals surface area contributed by atoms with Gasteiger partial charge in [0.05, 0.1) is 11.6 Å². The van der Waals surface area contributed by atoms with E-state index in [1.54, 1.807) is 0 Å². The second kappa shape index (κ2) is 5.14. The lowest BCUT2D eigenvalue weighted by molar-refractivity contribution is -0.121. The number of rotatable bonds is 3. The average Bonchev–Trinajstić information content (AvgIpc) is 2.19. The monoisotopic (exact) mass is 251 g/mol. The van der Waals surface area contributed by atoms with E-state index in [0.29, 0.717) is 18.8 Å². The maximum Gasteiger partial charge on any atom is 0.230 e. The van der Waals surface area contributed by atoms with Crippen molar-refractivity contribution in [3.05, 3.63) is 24.0 Å². The Morgan fingerprint density at radius 2 is 2.06 bits per heavy atom. The number of hydrogen-bond acceptors (Lipinski definition) is 3. The van der Waals surface area contributed by atoms with Crippen LogP contribution in [-0.2, 0) is 9.59 Å². The van der Waals surface area contributed by atoms with Crippen LogP contribution >= 0.6 is 0 Å². The third kappa shape index (κ3) is 2.84. The van der Waals surface area contributed by atoms with Crippen molar-refractivity contribution in [3.8, 4) is 0 Å². The lowest BCUT2D eigenvalue weighted by atomic mass is 10.0. The highest BCUT2D eigenvalue weighted by Gasteiger charge is 2.25. The molecule has 1 heterocycles. The highest BCUT2D eigenvalue weighted by atomic mass is 19.1. The lowest BCUT2D eigenvalue weighted by Gasteiger charge is -2.25. The van der Waals surface area contributed by atoms with Crippen molar-refractivity contribution in [1.29, 1.82) is 0 Å². The Morgan fingerprint density at radius 1 is 1.33 bits per heavy atom. The molecule has 5 nitrogen and oxygen atoms in total. The Morgan fingerprint density at radius 3 is 2.61 bits per heavy atom. The molecule has 0 spiro atoms. The zero-order valence-electron chi connectivity index (χ0n) is 9.92. The summed E-state index contributed by atoms with van der Waals surface area (Å²) in [7, 11) is 0. The fourth-order valence-electron chi connectivity index (χ4n) is 1.61. The molecule has 1 fully saturated rings. The van der Waals surface area contributed by atoms with Crippen molar-refractivity contribution in [1.82, 2.24) is 5.32 Å². The van der Waals surface area contributed by atoms with E-state index in [1.807, 2.05) is 0 Å². The van der Waals surface area contributed by atoms with E-state index < -0.39 is 5.82 Å². The minimum Gasteiger partial charge on any atom is -0.326 e. The molecule has 6 heteroatoms. The van der Waals surface area contributed by atoms with E-state index >= 15 is 0 Å². The van der Waals surface area contributed by atoms with Crippen molar-refractivity contribution in [2.24, 2.45) is 5.92 Å². The molecule has 0 unspecified atom stereocenters. The number of halogens is 1. The van der Waals surface area contributed by atoms with Crippen molar-refractivity contribution in [2.45, 2.75) is 6.92 Å². The van der Waals surface area contributed by atoms with Gasteiger partial charge in [0.25, 0.3) is 0 Å². The predicted octanol–water partition coefficient (Wildman–Crippen LogP) is 0.942. The maximum atomic E-state index is 13.5. The van der Waals surface area contributed by atoms with Crippen LogP contribution in [0.5, 0.6) is 0 Å². The lowest BCUT2D eigenvalue weighted by Crippen LogP contribution is -2.48. The van der Waals surface area contributed by atoms with Crippen LogP contribution in [0.2, 0.25) is 0 Å². The van der Waals surface area contributed by atoms with E-state index in [4.69, 9.17) is 0 Å². The fraction of sp³-hybridized carbons (Fsp3) is 0.333. The molecule has 1 aliphatic heterocycles. The van der Waals surface area contributed by atoms with Gasteiger partial charge in [-0.3, -0.25) is 9.59 Å². The van der Waals surface area contributed by atoms with Crippen molar-refractivity contribution in [2.75, 3.05) is 23.7 Å². The van der Waals surface area contributed by atoms with Gasteiger partial charge in [-0.2, -0.15) is 0 Å². The first-order valence-electron chi connectivity index (χ1n) is 5.65. The Bertz CT molecular complexity index is 486. The van der Waals surface area contributed by atoms with E-state index in [-0.39, 0.29) is 23.4 Å². The molecule has 0 atom stereocenters. The summed E-state index contributed by atoms with van der Waals surface area (Å²) in [5, 5.41) is 8.02. The van der Waals surface area contributed by atoms with Crippen molar-refractivity contribution >= 4 is 23.2 Å². The summed E-state index contributed by atoms with van der Waals surface area (Å²) >= 11 is 0. The molecule has 1 aliphatic rings. The highest BCUT2D eigenvalue weighted by molar-refractivity contribution is 5.95. The minimum absolute atomic E-state index is 0.0816. The molecule has 3 N–H and O–H groups in total. The van der Waals surface area contributed by atoms with Gasteiger partial charge >= 0.3 is 0 Å². The highest BCUT2D eigenvalue weighted by Crippen LogP contribution is 2.20. The predicted molar refractivity (Wildman–Crippen MR) is 65.7 cm³/mol. The van der Waals surface area contributed by atoms with Crippen molar-refractivity contribution in [3.63, 3.8) is 0 Å². The number of benzene rings is 1. The first-order valence-corrected chi connectivity index (χ1v) is 5.65. The molecule has 0 radical (unpaired) electrons. The van der Waals surface area contributed by atoms with Gasteiger partial charge in [0.1, 0.15) is 5.82 Å². The number of hydrogen-bond donors (Lipinski definition) is 3. The summed E-state index contributed by atoms with van der Waals surface area (Å²) in [6.45, 7) is 2.58. The number of carbonyl (C=O) groups is 2. The third-order valence-electron chi connectivity index (χ3n) is 2.70. The van der Waals surface area contributed by atoms with Crippen molar-refractivity contribution < 1.29 is 14.0 Å². The molecule has 0 aliphatic carbocycles. The summed E-state index contributed by atoms with van der Waals surface area (Å²) in [5.74, 6) is -1.10. The van der Waals surface area contributed by atoms with Crippen LogP contribution in [0.4, 0.5) is 15.8 Å². The van der Waals surface area contributed by atoms with E-state index in [2.05, 4.69) is 16.0 Å². The van der Waals surface area contributed by atoms with Crippen LogP contribution in [0, 0.1) is 11.7 Å². The summed E-state index contributed by atoms with van der Waals surface area (Å²) in [6, 6.07) is 4.05. The number of carbonyl (C=O) groups excluding carboxylic acids is 2. The molecule has 1 saturated heterocycles. The third-order valence-corrected chi connectivity index (χ3v) is 2.70. The quantitative estimate of drug-likeness (QED) is 0.748. The zero-order valence-corrected chi connectivity index (χ0v) is 9.92. The van der Waals surface area contributed by atoms with Crippen LogP contribution in [0.15, 0.2) is 18.2 Å². The molecule has 1 aromatic carbocycles. The topological polar surface area (TPSA) is 70.2 Å². The normalized spacial score (nSPS) is 14.8. The molecule has 2 rings (SSSR count). The molecule has 1 aromatic rings. The van der Waals surface area contributed by atoms with Crippen LogP contribution in [0.3, 0.4) is 0 Å². The van der Waals surface area contributed by atoms with Gasteiger partial charge < -0.3 is 16.0 Å². The molecule has 0 bridgehead atoms. The van der Waals surface area contributed by atoms with Crippen LogP contribution in [0.1, 0.15) is 6.92 Å². The van der Waals surface area contributed by atoms with Gasteiger partial charge in [0, 0.05) is 25.7 Å². The Kier molecular flexibility index (Phi) is 3.57. The fourth-order valence-corrected chi connectivity index (χ4v) is 1.61. The molecule has 18 heavy (non-hydrogen) atoms. The maximum absolute atomic E-state index is 13.5. The number of anilines is 2. The molecule has 96 valence electrons. The summed E-state index contributed by atoms with van der Waals surface area (Å²) in [6.07, 6.45) is 0. The van der Waals surface area contributed by atoms with Gasteiger partial charge in [-0.25, -0.2) is 4.39 Å². The second-order valence-electron chi connectivity index (χ2n) is 4.22.